The summed E-state index contributed by atoms with van der Waals surface area (Å²) >= 11 is 3.57. The molecule has 0 spiro atoms. The molecule has 0 amide bonds. The summed E-state index contributed by atoms with van der Waals surface area (Å²) in [7, 11) is 0. The van der Waals surface area contributed by atoms with Crippen molar-refractivity contribution in [3.63, 3.8) is 0 Å². The van der Waals surface area contributed by atoms with Crippen molar-refractivity contribution in [1.82, 2.24) is 5.32 Å². The van der Waals surface area contributed by atoms with Crippen LogP contribution >= 0.6 is 15.9 Å². The van der Waals surface area contributed by atoms with E-state index in [9.17, 15) is 0 Å². The molecule has 2 unspecified atom stereocenters. The van der Waals surface area contributed by atoms with Crippen LogP contribution in [-0.4, -0.2) is 25.9 Å². The van der Waals surface area contributed by atoms with Crippen LogP contribution in [0.1, 0.15) is 44.7 Å². The first kappa shape index (κ1) is 15.8. The maximum atomic E-state index is 5.91. The van der Waals surface area contributed by atoms with Gasteiger partial charge in [0.1, 0.15) is 5.75 Å². The molecule has 112 valence electrons. The molecule has 3 nitrogen and oxygen atoms in total. The van der Waals surface area contributed by atoms with Crippen LogP contribution in [0.4, 0.5) is 0 Å². The first-order valence-corrected chi connectivity index (χ1v) is 8.32. The third-order valence-corrected chi connectivity index (χ3v) is 4.05. The molecule has 1 aromatic carbocycles. The Morgan fingerprint density at radius 1 is 1.45 bits per heavy atom. The molecule has 1 fully saturated rings. The number of rotatable bonds is 7. The second-order valence-corrected chi connectivity index (χ2v) is 6.01. The highest BCUT2D eigenvalue weighted by molar-refractivity contribution is 9.10. The number of nitrogens with one attached hydrogen (secondary N) is 1. The lowest BCUT2D eigenvalue weighted by Gasteiger charge is -2.26. The summed E-state index contributed by atoms with van der Waals surface area (Å²) < 4.78 is 12.8. The van der Waals surface area contributed by atoms with Crippen LogP contribution < -0.4 is 10.1 Å². The molecule has 1 N–H and O–H groups in total. The van der Waals surface area contributed by atoms with Gasteiger partial charge in [-0.05, 0) is 50.9 Å². The smallest absolute Gasteiger partial charge is 0.124 e. The maximum absolute atomic E-state index is 5.91. The molecular formula is C16H24BrNO2. The van der Waals surface area contributed by atoms with E-state index < -0.39 is 0 Å². The number of halogens is 1. The average molecular weight is 342 g/mol. The van der Waals surface area contributed by atoms with Crippen LogP contribution in [0.15, 0.2) is 22.7 Å². The zero-order valence-corrected chi connectivity index (χ0v) is 13.9. The fourth-order valence-electron chi connectivity index (χ4n) is 2.66. The molecule has 1 heterocycles. The molecule has 4 heteroatoms. The van der Waals surface area contributed by atoms with Crippen molar-refractivity contribution in [2.45, 2.75) is 45.3 Å². The molecule has 0 saturated carbocycles. The lowest BCUT2D eigenvalue weighted by molar-refractivity contribution is 0.0772. The maximum Gasteiger partial charge on any atom is 0.124 e. The van der Waals surface area contributed by atoms with E-state index >= 15 is 0 Å². The summed E-state index contributed by atoms with van der Waals surface area (Å²) in [5.74, 6) is 0.958. The van der Waals surface area contributed by atoms with Gasteiger partial charge < -0.3 is 14.8 Å². The van der Waals surface area contributed by atoms with Gasteiger partial charge in [0.2, 0.25) is 0 Å². The van der Waals surface area contributed by atoms with Crippen molar-refractivity contribution < 1.29 is 9.47 Å². The predicted molar refractivity (Wildman–Crippen MR) is 85.3 cm³/mol. The molecule has 2 rings (SSSR count). The van der Waals surface area contributed by atoms with Crippen LogP contribution in [0.5, 0.6) is 5.75 Å². The summed E-state index contributed by atoms with van der Waals surface area (Å²) in [6.45, 7) is 6.74. The Morgan fingerprint density at radius 3 is 2.95 bits per heavy atom. The van der Waals surface area contributed by atoms with E-state index in [-0.39, 0.29) is 12.1 Å². The van der Waals surface area contributed by atoms with Gasteiger partial charge in [0.25, 0.3) is 0 Å². The highest BCUT2D eigenvalue weighted by atomic mass is 79.9. The molecule has 0 aliphatic carbocycles. The Morgan fingerprint density at radius 2 is 2.30 bits per heavy atom. The fraction of sp³-hybridized carbons (Fsp3) is 0.625. The molecule has 0 bridgehead atoms. The third kappa shape index (κ3) is 3.96. The molecule has 1 saturated heterocycles. The summed E-state index contributed by atoms with van der Waals surface area (Å²) in [4.78, 5) is 0. The normalized spacial score (nSPS) is 20.1. The Labute approximate surface area is 130 Å². The summed E-state index contributed by atoms with van der Waals surface area (Å²) in [6, 6.07) is 6.43. The van der Waals surface area contributed by atoms with Crippen LogP contribution in [0.25, 0.3) is 0 Å². The highest BCUT2D eigenvalue weighted by Gasteiger charge is 2.29. The van der Waals surface area contributed by atoms with Gasteiger partial charge in [-0.1, -0.05) is 22.9 Å². The van der Waals surface area contributed by atoms with Crippen molar-refractivity contribution in [2.24, 2.45) is 0 Å². The summed E-state index contributed by atoms with van der Waals surface area (Å²) in [5.41, 5.74) is 1.20. The average Bonchev–Trinajstić information content (AvgIpc) is 2.96. The minimum Gasteiger partial charge on any atom is -0.494 e. The van der Waals surface area contributed by atoms with Crippen LogP contribution in [0.2, 0.25) is 0 Å². The molecule has 20 heavy (non-hydrogen) atoms. The Bertz CT molecular complexity index is 419. The second kappa shape index (κ2) is 8.01. The fourth-order valence-corrected chi connectivity index (χ4v) is 3.04. The van der Waals surface area contributed by atoms with Crippen LogP contribution in [0, 0.1) is 0 Å². The predicted octanol–water partition coefficient (Wildman–Crippen LogP) is 4.07. The van der Waals surface area contributed by atoms with Gasteiger partial charge in [-0.2, -0.15) is 0 Å². The molecule has 1 aliphatic heterocycles. The molecule has 1 aliphatic rings. The lowest BCUT2D eigenvalue weighted by atomic mass is 9.98. The van der Waals surface area contributed by atoms with Gasteiger partial charge in [0, 0.05) is 16.6 Å². The number of hydrogen-bond donors (Lipinski definition) is 1. The van der Waals surface area contributed by atoms with Gasteiger partial charge in [0.15, 0.2) is 0 Å². The first-order chi connectivity index (χ1) is 9.76. The number of hydrogen-bond acceptors (Lipinski definition) is 3. The summed E-state index contributed by atoms with van der Waals surface area (Å²) in [5, 5.41) is 3.63. The van der Waals surface area contributed by atoms with Crippen molar-refractivity contribution in [3.05, 3.63) is 28.2 Å². The Kier molecular flexibility index (Phi) is 6.33. The minimum absolute atomic E-state index is 0.205. The quantitative estimate of drug-likeness (QED) is 0.810. The van der Waals surface area contributed by atoms with Crippen molar-refractivity contribution in [2.75, 3.05) is 19.8 Å². The molecule has 0 radical (unpaired) electrons. The first-order valence-electron chi connectivity index (χ1n) is 7.53. The van der Waals surface area contributed by atoms with Gasteiger partial charge >= 0.3 is 0 Å². The van der Waals surface area contributed by atoms with Gasteiger partial charge in [0.05, 0.1) is 18.8 Å². The van der Waals surface area contributed by atoms with Crippen molar-refractivity contribution in [3.8, 4) is 5.75 Å². The SMILES string of the molecule is CCCNC(c1cc(Br)ccc1OCC)C1CCCO1. The molecule has 1 aromatic rings. The third-order valence-electron chi connectivity index (χ3n) is 3.56. The number of benzene rings is 1. The van der Waals surface area contributed by atoms with E-state index in [2.05, 4.69) is 34.2 Å². The number of ether oxygens (including phenoxy) is 2. The summed E-state index contributed by atoms with van der Waals surface area (Å²) in [6.07, 6.45) is 3.61. The van der Waals surface area contributed by atoms with Crippen molar-refractivity contribution >= 4 is 15.9 Å². The van der Waals surface area contributed by atoms with Gasteiger partial charge in [-0.25, -0.2) is 0 Å². The van der Waals surface area contributed by atoms with E-state index in [1.807, 2.05) is 19.1 Å². The zero-order chi connectivity index (χ0) is 14.4. The highest BCUT2D eigenvalue weighted by Crippen LogP contribution is 2.34. The van der Waals surface area contributed by atoms with E-state index in [1.165, 1.54) is 5.56 Å². The van der Waals surface area contributed by atoms with Crippen LogP contribution in [0.3, 0.4) is 0 Å². The Hall–Kier alpha value is -0.580. The molecule has 0 aromatic heterocycles. The van der Waals surface area contributed by atoms with Gasteiger partial charge in [-0.15, -0.1) is 0 Å². The zero-order valence-electron chi connectivity index (χ0n) is 12.3. The minimum atomic E-state index is 0.205. The monoisotopic (exact) mass is 341 g/mol. The van der Waals surface area contributed by atoms with Crippen LogP contribution in [-0.2, 0) is 4.74 Å². The standard InChI is InChI=1S/C16H24BrNO2/c1-3-9-18-16(15-6-5-10-20-15)13-11-12(17)7-8-14(13)19-4-2/h7-8,11,15-16,18H,3-6,9-10H2,1-2H3. The van der Waals surface area contributed by atoms with Crippen molar-refractivity contribution in [1.29, 1.82) is 0 Å². The largest absolute Gasteiger partial charge is 0.494 e. The Balaban J connectivity index is 2.27. The lowest BCUT2D eigenvalue weighted by Crippen LogP contribution is -2.32. The molecule has 2 atom stereocenters. The molecular weight excluding hydrogens is 318 g/mol. The topological polar surface area (TPSA) is 30.5 Å². The second-order valence-electron chi connectivity index (χ2n) is 5.10. The van der Waals surface area contributed by atoms with E-state index in [4.69, 9.17) is 9.47 Å². The van der Waals surface area contributed by atoms with E-state index in [1.54, 1.807) is 0 Å². The van der Waals surface area contributed by atoms with E-state index in [0.717, 1.165) is 42.6 Å². The van der Waals surface area contributed by atoms with E-state index in [0.29, 0.717) is 6.61 Å². The van der Waals surface area contributed by atoms with Gasteiger partial charge in [-0.3, -0.25) is 0 Å².